The lowest BCUT2D eigenvalue weighted by molar-refractivity contribution is 0.177. The van der Waals surface area contributed by atoms with Gasteiger partial charge in [-0.25, -0.2) is 19.7 Å². The van der Waals surface area contributed by atoms with Gasteiger partial charge in [-0.05, 0) is 68.5 Å². The second-order valence-corrected chi connectivity index (χ2v) is 9.89. The highest BCUT2D eigenvalue weighted by molar-refractivity contribution is 5.91. The molecule has 2 N–H and O–H groups in total. The zero-order valence-corrected chi connectivity index (χ0v) is 21.8. The van der Waals surface area contributed by atoms with Gasteiger partial charge in [0, 0.05) is 43.5 Å². The van der Waals surface area contributed by atoms with E-state index in [9.17, 15) is 4.79 Å². The van der Waals surface area contributed by atoms with Crippen molar-refractivity contribution in [1.29, 1.82) is 0 Å². The van der Waals surface area contributed by atoms with E-state index in [4.69, 9.17) is 9.47 Å². The lowest BCUT2D eigenvalue weighted by atomic mass is 10.0. The predicted molar refractivity (Wildman–Crippen MR) is 145 cm³/mol. The summed E-state index contributed by atoms with van der Waals surface area (Å²) in [5.74, 6) is 3.68. The zero-order valence-electron chi connectivity index (χ0n) is 21.8. The number of aryl methyl sites for hydroxylation is 2. The molecule has 2 aliphatic rings. The van der Waals surface area contributed by atoms with Crippen molar-refractivity contribution in [2.75, 3.05) is 37.0 Å². The van der Waals surface area contributed by atoms with E-state index < -0.39 is 0 Å². The number of aromatic amines is 1. The Hall–Kier alpha value is -4.34. The van der Waals surface area contributed by atoms with Crippen LogP contribution in [0.3, 0.4) is 0 Å². The summed E-state index contributed by atoms with van der Waals surface area (Å²) in [5.41, 5.74) is 4.91. The van der Waals surface area contributed by atoms with Crippen LogP contribution in [0.1, 0.15) is 29.8 Å². The summed E-state index contributed by atoms with van der Waals surface area (Å²) in [6.45, 7) is 6.24. The minimum Gasteiger partial charge on any atom is -0.497 e. The molecule has 0 aliphatic carbocycles. The van der Waals surface area contributed by atoms with E-state index in [0.717, 1.165) is 77.6 Å². The van der Waals surface area contributed by atoms with Crippen LogP contribution in [-0.2, 0) is 6.42 Å². The maximum absolute atomic E-state index is 13.0. The minimum atomic E-state index is -0.0375. The molecule has 1 saturated heterocycles. The lowest BCUT2D eigenvalue weighted by Gasteiger charge is -2.38. The quantitative estimate of drug-likeness (QED) is 0.393. The second-order valence-electron chi connectivity index (χ2n) is 9.89. The average Bonchev–Trinajstić information content (AvgIpc) is 3.22. The number of fused-ring (bicyclic) bond motifs is 2. The van der Waals surface area contributed by atoms with Gasteiger partial charge < -0.3 is 29.6 Å². The molecule has 2 amide bonds. The lowest BCUT2D eigenvalue weighted by Crippen LogP contribution is -2.49. The van der Waals surface area contributed by atoms with Crippen LogP contribution >= 0.6 is 0 Å². The van der Waals surface area contributed by atoms with Crippen LogP contribution in [0.2, 0.25) is 0 Å². The van der Waals surface area contributed by atoms with Crippen LogP contribution in [-0.4, -0.2) is 63.7 Å². The maximum atomic E-state index is 13.0. The van der Waals surface area contributed by atoms with Gasteiger partial charge in [-0.15, -0.1) is 0 Å². The Kier molecular flexibility index (Phi) is 6.22. The molecule has 6 rings (SSSR count). The summed E-state index contributed by atoms with van der Waals surface area (Å²) in [7, 11) is 1.66. The number of piperidine rings is 1. The molecule has 4 aromatic rings. The Morgan fingerprint density at radius 3 is 2.66 bits per heavy atom. The van der Waals surface area contributed by atoms with Crippen molar-refractivity contribution in [3.05, 3.63) is 59.7 Å². The van der Waals surface area contributed by atoms with Gasteiger partial charge in [-0.3, -0.25) is 0 Å². The standard InChI is InChI=1S/C28H31N7O3/c1-17-12-22(14-24-27(17)32-18(2)31-24)38-26-15-25(29-16-30-26)34-9-7-20(8-10-34)35-11-6-19-13-21(37-3)4-5-23(19)33-28(35)36/h4-5,12-16,20H,6-11H2,1-3H3,(H,31,32)(H,33,36). The summed E-state index contributed by atoms with van der Waals surface area (Å²) in [6.07, 6.45) is 4.05. The number of carbonyl (C=O) groups excluding carboxylic acids is 1. The van der Waals surface area contributed by atoms with Crippen molar-refractivity contribution in [2.45, 2.75) is 39.2 Å². The fourth-order valence-electron chi connectivity index (χ4n) is 5.43. The van der Waals surface area contributed by atoms with Crippen molar-refractivity contribution in [2.24, 2.45) is 0 Å². The minimum absolute atomic E-state index is 0.0375. The molecule has 0 atom stereocenters. The third-order valence-electron chi connectivity index (χ3n) is 7.40. The zero-order chi connectivity index (χ0) is 26.2. The topological polar surface area (TPSA) is 108 Å². The van der Waals surface area contributed by atoms with Crippen molar-refractivity contribution < 1.29 is 14.3 Å². The maximum Gasteiger partial charge on any atom is 0.322 e. The average molecular weight is 514 g/mol. The first kappa shape index (κ1) is 24.0. The van der Waals surface area contributed by atoms with Crippen molar-refractivity contribution in [3.8, 4) is 17.4 Å². The van der Waals surface area contributed by atoms with Gasteiger partial charge in [-0.1, -0.05) is 0 Å². The summed E-state index contributed by atoms with van der Waals surface area (Å²) in [5, 5.41) is 3.09. The number of hydrogen-bond acceptors (Lipinski definition) is 7. The van der Waals surface area contributed by atoms with E-state index in [1.54, 1.807) is 7.11 Å². The predicted octanol–water partition coefficient (Wildman–Crippen LogP) is 4.83. The fraction of sp³-hybridized carbons (Fsp3) is 0.357. The molecule has 2 aromatic heterocycles. The third kappa shape index (κ3) is 4.69. The van der Waals surface area contributed by atoms with Gasteiger partial charge in [0.2, 0.25) is 5.88 Å². The number of H-pyrrole nitrogens is 1. The number of carbonyl (C=O) groups is 1. The van der Waals surface area contributed by atoms with Gasteiger partial charge in [0.05, 0.1) is 18.1 Å². The summed E-state index contributed by atoms with van der Waals surface area (Å²) in [4.78, 5) is 33.9. The van der Waals surface area contributed by atoms with E-state index >= 15 is 0 Å². The molecule has 2 aliphatic heterocycles. The second kappa shape index (κ2) is 9.85. The molecule has 0 saturated carbocycles. The number of hydrogen-bond donors (Lipinski definition) is 2. The molecule has 2 aromatic carbocycles. The van der Waals surface area contributed by atoms with Gasteiger partial charge in [-0.2, -0.15) is 0 Å². The van der Waals surface area contributed by atoms with Crippen LogP contribution in [0.25, 0.3) is 11.0 Å². The van der Waals surface area contributed by atoms with E-state index in [0.29, 0.717) is 18.2 Å². The smallest absolute Gasteiger partial charge is 0.322 e. The number of nitrogens with zero attached hydrogens (tertiary/aromatic N) is 5. The van der Waals surface area contributed by atoms with Crippen LogP contribution < -0.4 is 19.7 Å². The van der Waals surface area contributed by atoms with Crippen LogP contribution in [0.5, 0.6) is 17.4 Å². The van der Waals surface area contributed by atoms with Crippen molar-refractivity contribution in [1.82, 2.24) is 24.8 Å². The largest absolute Gasteiger partial charge is 0.497 e. The van der Waals surface area contributed by atoms with Crippen LogP contribution in [0.4, 0.5) is 16.3 Å². The van der Waals surface area contributed by atoms with Crippen LogP contribution in [0, 0.1) is 13.8 Å². The van der Waals surface area contributed by atoms with Gasteiger partial charge in [0.25, 0.3) is 0 Å². The molecular weight excluding hydrogens is 482 g/mol. The number of ether oxygens (including phenoxy) is 2. The highest BCUT2D eigenvalue weighted by Gasteiger charge is 2.30. The van der Waals surface area contributed by atoms with E-state index in [-0.39, 0.29) is 12.1 Å². The number of urea groups is 1. The number of amides is 2. The first-order chi connectivity index (χ1) is 18.5. The summed E-state index contributed by atoms with van der Waals surface area (Å²) < 4.78 is 11.5. The Labute approximate surface area is 221 Å². The number of methoxy groups -OCH3 is 1. The molecule has 10 nitrogen and oxygen atoms in total. The van der Waals surface area contributed by atoms with E-state index in [2.05, 4.69) is 30.2 Å². The van der Waals surface area contributed by atoms with Crippen molar-refractivity contribution >= 4 is 28.6 Å². The Bertz CT molecular complexity index is 1490. The van der Waals surface area contributed by atoms with Gasteiger partial charge in [0.15, 0.2) is 0 Å². The first-order valence-electron chi connectivity index (χ1n) is 12.9. The van der Waals surface area contributed by atoms with Crippen LogP contribution in [0.15, 0.2) is 42.7 Å². The molecule has 1 fully saturated rings. The highest BCUT2D eigenvalue weighted by Crippen LogP contribution is 2.30. The highest BCUT2D eigenvalue weighted by atomic mass is 16.5. The number of nitrogens with one attached hydrogen (secondary N) is 2. The van der Waals surface area contributed by atoms with Gasteiger partial charge in [0.1, 0.15) is 29.5 Å². The summed E-state index contributed by atoms with van der Waals surface area (Å²) >= 11 is 0. The molecule has 0 bridgehead atoms. The third-order valence-corrected chi connectivity index (χ3v) is 7.40. The van der Waals surface area contributed by atoms with Gasteiger partial charge >= 0.3 is 6.03 Å². The Morgan fingerprint density at radius 2 is 1.84 bits per heavy atom. The Morgan fingerprint density at radius 1 is 1.00 bits per heavy atom. The van der Waals surface area contributed by atoms with E-state index in [1.165, 1.54) is 6.33 Å². The number of rotatable bonds is 5. The molecule has 0 radical (unpaired) electrons. The summed E-state index contributed by atoms with van der Waals surface area (Å²) in [6, 6.07) is 11.7. The molecule has 0 spiro atoms. The normalized spacial score (nSPS) is 16.2. The van der Waals surface area contributed by atoms with E-state index in [1.807, 2.05) is 55.1 Å². The molecule has 4 heterocycles. The number of imidazole rings is 1. The molecule has 0 unspecified atom stereocenters. The number of benzene rings is 2. The monoisotopic (exact) mass is 513 g/mol. The molecule has 38 heavy (non-hydrogen) atoms. The number of anilines is 2. The fourth-order valence-corrected chi connectivity index (χ4v) is 5.43. The number of aromatic nitrogens is 4. The molecular formula is C28H31N7O3. The SMILES string of the molecule is COc1ccc2c(c1)CCN(C1CCN(c3cc(Oc4cc(C)c5[nH]c(C)nc5c4)ncn3)CC1)C(=O)N2. The molecule has 196 valence electrons. The Balaban J connectivity index is 1.11. The first-order valence-corrected chi connectivity index (χ1v) is 12.9. The van der Waals surface area contributed by atoms with Crippen molar-refractivity contribution in [3.63, 3.8) is 0 Å². The molecule has 10 heteroatoms.